The first kappa shape index (κ1) is 12.4. The molecule has 0 atom stereocenters. The molecule has 0 aliphatic carbocycles. The van der Waals surface area contributed by atoms with Crippen LogP contribution in [-0.4, -0.2) is 13.0 Å². The van der Waals surface area contributed by atoms with Crippen molar-refractivity contribution in [3.63, 3.8) is 0 Å². The molecule has 4 nitrogen and oxygen atoms in total. The number of benzene rings is 1. The highest BCUT2D eigenvalue weighted by molar-refractivity contribution is 7.08. The molecule has 0 bridgehead atoms. The Hall–Kier alpha value is -2.01. The summed E-state index contributed by atoms with van der Waals surface area (Å²) >= 11 is 1.57. The molecule has 0 spiro atoms. The van der Waals surface area contributed by atoms with E-state index in [1.165, 1.54) is 0 Å². The largest absolute Gasteiger partial charge is 0.495 e. The number of hydrogen-bond acceptors (Lipinski definition) is 4. The zero-order chi connectivity index (χ0) is 13.0. The maximum Gasteiger partial charge on any atom is 0.228 e. The molecule has 2 rings (SSSR count). The number of ether oxygens (including phenoxy) is 1. The van der Waals surface area contributed by atoms with Gasteiger partial charge in [0.25, 0.3) is 0 Å². The fourth-order valence-electron chi connectivity index (χ4n) is 1.60. The minimum atomic E-state index is -0.0858. The van der Waals surface area contributed by atoms with Crippen LogP contribution in [0.25, 0.3) is 0 Å². The lowest BCUT2D eigenvalue weighted by Crippen LogP contribution is -2.14. The van der Waals surface area contributed by atoms with Crippen LogP contribution in [0.3, 0.4) is 0 Å². The van der Waals surface area contributed by atoms with Gasteiger partial charge in [-0.1, -0.05) is 0 Å². The van der Waals surface area contributed by atoms with Crippen LogP contribution < -0.4 is 15.8 Å². The van der Waals surface area contributed by atoms with Gasteiger partial charge >= 0.3 is 0 Å². The van der Waals surface area contributed by atoms with Gasteiger partial charge in [0.05, 0.1) is 19.2 Å². The lowest BCUT2D eigenvalue weighted by atomic mass is 10.2. The summed E-state index contributed by atoms with van der Waals surface area (Å²) in [7, 11) is 1.56. The molecule has 0 saturated carbocycles. The van der Waals surface area contributed by atoms with Gasteiger partial charge < -0.3 is 15.8 Å². The van der Waals surface area contributed by atoms with Gasteiger partial charge in [-0.25, -0.2) is 0 Å². The molecule has 1 aromatic heterocycles. The van der Waals surface area contributed by atoms with E-state index in [9.17, 15) is 4.79 Å². The lowest BCUT2D eigenvalue weighted by molar-refractivity contribution is -0.115. The minimum Gasteiger partial charge on any atom is -0.495 e. The van der Waals surface area contributed by atoms with E-state index in [0.29, 0.717) is 23.5 Å². The molecular weight excluding hydrogens is 248 g/mol. The van der Waals surface area contributed by atoms with Crippen LogP contribution in [0, 0.1) is 0 Å². The SMILES string of the molecule is COc1ccc(N)cc1NC(=O)Cc1ccsc1. The third-order valence-electron chi connectivity index (χ3n) is 2.44. The van der Waals surface area contributed by atoms with Crippen LogP contribution in [-0.2, 0) is 11.2 Å². The number of carbonyl (C=O) groups excluding carboxylic acids is 1. The van der Waals surface area contributed by atoms with Crippen LogP contribution in [0.4, 0.5) is 11.4 Å². The van der Waals surface area contributed by atoms with Gasteiger partial charge in [0.1, 0.15) is 5.75 Å². The summed E-state index contributed by atoms with van der Waals surface area (Å²) in [4.78, 5) is 11.9. The molecule has 0 saturated heterocycles. The zero-order valence-electron chi connectivity index (χ0n) is 9.97. The Kier molecular flexibility index (Phi) is 3.84. The van der Waals surface area contributed by atoms with Gasteiger partial charge in [-0.3, -0.25) is 4.79 Å². The number of methoxy groups -OCH3 is 1. The second-order valence-corrected chi connectivity index (χ2v) is 4.60. The summed E-state index contributed by atoms with van der Waals surface area (Å²) in [5.74, 6) is 0.514. The Morgan fingerprint density at radius 2 is 2.28 bits per heavy atom. The van der Waals surface area contributed by atoms with Crippen molar-refractivity contribution in [3.8, 4) is 5.75 Å². The van der Waals surface area contributed by atoms with Crippen molar-refractivity contribution in [2.24, 2.45) is 0 Å². The first-order valence-corrected chi connectivity index (χ1v) is 6.38. The zero-order valence-corrected chi connectivity index (χ0v) is 10.8. The number of anilines is 2. The Balaban J connectivity index is 2.08. The molecular formula is C13H14N2O2S. The average Bonchev–Trinajstić information content (AvgIpc) is 2.82. The van der Waals surface area contributed by atoms with E-state index in [2.05, 4.69) is 5.32 Å². The normalized spacial score (nSPS) is 10.1. The highest BCUT2D eigenvalue weighted by atomic mass is 32.1. The molecule has 1 aromatic carbocycles. The van der Waals surface area contributed by atoms with Crippen molar-refractivity contribution in [1.82, 2.24) is 0 Å². The summed E-state index contributed by atoms with van der Waals surface area (Å²) in [6.07, 6.45) is 0.349. The summed E-state index contributed by atoms with van der Waals surface area (Å²) in [6, 6.07) is 7.08. The van der Waals surface area contributed by atoms with Crippen molar-refractivity contribution in [2.45, 2.75) is 6.42 Å². The molecule has 5 heteroatoms. The van der Waals surface area contributed by atoms with Crippen LogP contribution >= 0.6 is 11.3 Å². The molecule has 2 aromatic rings. The number of carbonyl (C=O) groups is 1. The van der Waals surface area contributed by atoms with Crippen molar-refractivity contribution in [1.29, 1.82) is 0 Å². The van der Waals surface area contributed by atoms with E-state index in [0.717, 1.165) is 5.56 Å². The Morgan fingerprint density at radius 3 is 2.94 bits per heavy atom. The van der Waals surface area contributed by atoms with Gasteiger partial charge in [-0.2, -0.15) is 11.3 Å². The lowest BCUT2D eigenvalue weighted by Gasteiger charge is -2.10. The molecule has 94 valence electrons. The van der Waals surface area contributed by atoms with E-state index in [1.807, 2.05) is 16.8 Å². The topological polar surface area (TPSA) is 64.3 Å². The molecule has 0 radical (unpaired) electrons. The van der Waals surface area contributed by atoms with Crippen LogP contribution in [0.15, 0.2) is 35.0 Å². The van der Waals surface area contributed by atoms with E-state index >= 15 is 0 Å². The van der Waals surface area contributed by atoms with E-state index in [4.69, 9.17) is 10.5 Å². The monoisotopic (exact) mass is 262 g/mol. The Bertz CT molecular complexity index is 538. The van der Waals surface area contributed by atoms with Crippen molar-refractivity contribution in [3.05, 3.63) is 40.6 Å². The number of hydrogen-bond donors (Lipinski definition) is 2. The Labute approximate surface area is 109 Å². The standard InChI is InChI=1S/C13H14N2O2S/c1-17-12-3-2-10(14)7-11(12)15-13(16)6-9-4-5-18-8-9/h2-5,7-8H,6,14H2,1H3,(H,15,16). The van der Waals surface area contributed by atoms with Crippen molar-refractivity contribution < 1.29 is 9.53 Å². The third-order valence-corrected chi connectivity index (χ3v) is 3.17. The van der Waals surface area contributed by atoms with E-state index in [1.54, 1.807) is 36.6 Å². The molecule has 0 unspecified atom stereocenters. The van der Waals surface area contributed by atoms with Gasteiger partial charge in [0, 0.05) is 5.69 Å². The molecule has 0 aliphatic heterocycles. The molecule has 0 fully saturated rings. The van der Waals surface area contributed by atoms with Crippen LogP contribution in [0.2, 0.25) is 0 Å². The van der Waals surface area contributed by atoms with Gasteiger partial charge in [-0.15, -0.1) is 0 Å². The molecule has 3 N–H and O–H groups in total. The number of thiophene rings is 1. The van der Waals surface area contributed by atoms with Gasteiger partial charge in [-0.05, 0) is 40.6 Å². The van der Waals surface area contributed by atoms with Crippen LogP contribution in [0.1, 0.15) is 5.56 Å². The quantitative estimate of drug-likeness (QED) is 0.832. The second-order valence-electron chi connectivity index (χ2n) is 3.82. The average molecular weight is 262 g/mol. The summed E-state index contributed by atoms with van der Waals surface area (Å²) in [6.45, 7) is 0. The van der Waals surface area contributed by atoms with Gasteiger partial charge in [0.15, 0.2) is 0 Å². The van der Waals surface area contributed by atoms with Crippen molar-refractivity contribution >= 4 is 28.6 Å². The maximum absolute atomic E-state index is 11.9. The smallest absolute Gasteiger partial charge is 0.228 e. The second kappa shape index (κ2) is 5.55. The highest BCUT2D eigenvalue weighted by Crippen LogP contribution is 2.26. The summed E-state index contributed by atoms with van der Waals surface area (Å²) < 4.78 is 5.17. The number of nitrogen functional groups attached to an aromatic ring is 1. The third kappa shape index (κ3) is 3.01. The first-order valence-electron chi connectivity index (χ1n) is 5.43. The molecule has 0 aliphatic rings. The number of nitrogens with two attached hydrogens (primary N) is 1. The summed E-state index contributed by atoms with van der Waals surface area (Å²) in [5.41, 5.74) is 7.87. The molecule has 18 heavy (non-hydrogen) atoms. The van der Waals surface area contributed by atoms with Crippen LogP contribution in [0.5, 0.6) is 5.75 Å². The first-order chi connectivity index (χ1) is 8.69. The molecule has 1 amide bonds. The maximum atomic E-state index is 11.9. The highest BCUT2D eigenvalue weighted by Gasteiger charge is 2.08. The fourth-order valence-corrected chi connectivity index (χ4v) is 2.26. The minimum absolute atomic E-state index is 0.0858. The van der Waals surface area contributed by atoms with Crippen molar-refractivity contribution in [2.75, 3.05) is 18.2 Å². The van der Waals surface area contributed by atoms with Gasteiger partial charge in [0.2, 0.25) is 5.91 Å². The number of amides is 1. The summed E-state index contributed by atoms with van der Waals surface area (Å²) in [5, 5.41) is 6.70. The fraction of sp³-hybridized carbons (Fsp3) is 0.154. The van der Waals surface area contributed by atoms with E-state index in [-0.39, 0.29) is 5.91 Å². The van der Waals surface area contributed by atoms with E-state index < -0.39 is 0 Å². The number of nitrogens with one attached hydrogen (secondary N) is 1. The predicted molar refractivity (Wildman–Crippen MR) is 74.1 cm³/mol. The Morgan fingerprint density at radius 1 is 1.44 bits per heavy atom. The number of rotatable bonds is 4. The predicted octanol–water partition coefficient (Wildman–Crippen LogP) is 2.52. The molecule has 1 heterocycles.